The third-order valence-electron chi connectivity index (χ3n) is 5.58. The summed E-state index contributed by atoms with van der Waals surface area (Å²) < 4.78 is 4.58. The molecule has 3 aromatic rings. The number of ether oxygens (including phenoxy) is 1. The third kappa shape index (κ3) is 5.73. The van der Waals surface area contributed by atoms with Crippen molar-refractivity contribution >= 4 is 33.5 Å². The Morgan fingerprint density at radius 2 is 1.72 bits per heavy atom. The molecule has 1 aliphatic rings. The molecule has 5 unspecified atom stereocenters. The minimum absolute atomic E-state index is 0.129. The Bertz CT molecular complexity index is 1270. The second-order valence-electron chi connectivity index (χ2n) is 8.02. The van der Waals surface area contributed by atoms with Crippen LogP contribution in [0.25, 0.3) is 10.8 Å². The summed E-state index contributed by atoms with van der Waals surface area (Å²) in [6, 6.07) is 13.1. The number of hydrogen-bond donors (Lipinski definition) is 7. The number of benzene rings is 3. The number of rotatable bonds is 4. The highest BCUT2D eigenvalue weighted by Crippen LogP contribution is 2.37. The van der Waals surface area contributed by atoms with E-state index in [1.165, 1.54) is 12.1 Å². The maximum absolute atomic E-state index is 10.7. The number of nitro groups is 1. The van der Waals surface area contributed by atoms with Crippen LogP contribution in [0.5, 0.6) is 5.75 Å². The predicted octanol–water partition coefficient (Wildman–Crippen LogP) is 1.54. The molecule has 192 valence electrons. The molecule has 1 aliphatic heterocycles. The fraction of sp³-hybridized carbons (Fsp3) is 0.304. The Hall–Kier alpha value is -3.72. The standard InChI is InChI=1S/C17H14N4O3.C6H12O6/c1-10-3-2-4-13-12(10)6-7-14(18)17(13)20-19-15-8-5-11(21(23)24)9-16(15)22;7-1-2-3(8)4(9)5(10)6(11)12-2/h2-9,22H,18H2,1H3;2-11H,1H2. The molecule has 4 rings (SSSR count). The average Bonchev–Trinajstić information content (AvgIpc) is 2.85. The topological polar surface area (TPSA) is 224 Å². The monoisotopic (exact) mass is 502 g/mol. The number of nitrogen functional groups attached to an aromatic ring is 1. The third-order valence-corrected chi connectivity index (χ3v) is 5.58. The SMILES string of the molecule is Cc1cccc2c(N=Nc3ccc([N+](=O)[O-])cc3O)c(N)ccc12.OCC1OC(O)C(O)C(O)C1O. The van der Waals surface area contributed by atoms with E-state index in [2.05, 4.69) is 15.0 Å². The lowest BCUT2D eigenvalue weighted by atomic mass is 10.00. The first-order chi connectivity index (χ1) is 17.0. The molecule has 0 bridgehead atoms. The molecule has 8 N–H and O–H groups in total. The number of phenolic OH excluding ortho intramolecular Hbond substituents is 1. The van der Waals surface area contributed by atoms with Crippen LogP contribution in [-0.2, 0) is 4.74 Å². The molecule has 0 aliphatic carbocycles. The van der Waals surface area contributed by atoms with Gasteiger partial charge in [-0.25, -0.2) is 0 Å². The second kappa shape index (κ2) is 11.3. The summed E-state index contributed by atoms with van der Waals surface area (Å²) in [4.78, 5) is 10.1. The number of azo groups is 1. The molecule has 0 radical (unpaired) electrons. The summed E-state index contributed by atoms with van der Waals surface area (Å²) in [5, 5.41) is 75.2. The van der Waals surface area contributed by atoms with Crippen molar-refractivity contribution in [2.24, 2.45) is 10.2 Å². The first-order valence-corrected chi connectivity index (χ1v) is 10.7. The molecule has 0 amide bonds. The highest BCUT2D eigenvalue weighted by Gasteiger charge is 2.42. The van der Waals surface area contributed by atoms with Crippen molar-refractivity contribution in [3.63, 3.8) is 0 Å². The minimum atomic E-state index is -1.57. The second-order valence-corrected chi connectivity index (χ2v) is 8.02. The Morgan fingerprint density at radius 1 is 1.00 bits per heavy atom. The van der Waals surface area contributed by atoms with Crippen LogP contribution in [0, 0.1) is 17.0 Å². The summed E-state index contributed by atoms with van der Waals surface area (Å²) in [6.45, 7) is 1.46. The molecule has 36 heavy (non-hydrogen) atoms. The van der Waals surface area contributed by atoms with Crippen molar-refractivity contribution in [1.29, 1.82) is 0 Å². The molecule has 0 aromatic heterocycles. The highest BCUT2D eigenvalue weighted by atomic mass is 16.6. The van der Waals surface area contributed by atoms with E-state index in [0.717, 1.165) is 22.4 Å². The fourth-order valence-electron chi connectivity index (χ4n) is 3.52. The van der Waals surface area contributed by atoms with E-state index >= 15 is 0 Å². The summed E-state index contributed by atoms with van der Waals surface area (Å²) in [5.41, 5.74) is 7.95. The van der Waals surface area contributed by atoms with Crippen LogP contribution in [-0.4, -0.2) is 72.9 Å². The van der Waals surface area contributed by atoms with Gasteiger partial charge in [0.15, 0.2) is 6.29 Å². The van der Waals surface area contributed by atoms with Gasteiger partial charge in [-0.05, 0) is 30.0 Å². The fourth-order valence-corrected chi connectivity index (χ4v) is 3.52. The largest absolute Gasteiger partial charge is 0.505 e. The Kier molecular flexibility index (Phi) is 8.47. The van der Waals surface area contributed by atoms with E-state index < -0.39 is 42.2 Å². The van der Waals surface area contributed by atoms with Crippen LogP contribution in [0.2, 0.25) is 0 Å². The molecule has 1 heterocycles. The molecule has 1 fully saturated rings. The number of phenols is 1. The van der Waals surface area contributed by atoms with Gasteiger partial charge in [0.1, 0.15) is 41.5 Å². The quantitative estimate of drug-likeness (QED) is 0.118. The smallest absolute Gasteiger partial charge is 0.273 e. The summed E-state index contributed by atoms with van der Waals surface area (Å²) >= 11 is 0. The van der Waals surface area contributed by atoms with E-state index in [4.69, 9.17) is 31.3 Å². The minimum Gasteiger partial charge on any atom is -0.505 e. The van der Waals surface area contributed by atoms with E-state index in [9.17, 15) is 15.2 Å². The van der Waals surface area contributed by atoms with Gasteiger partial charge < -0.3 is 41.1 Å². The molecule has 3 aromatic carbocycles. The Morgan fingerprint density at radius 3 is 2.36 bits per heavy atom. The van der Waals surface area contributed by atoms with E-state index in [1.807, 2.05) is 31.2 Å². The van der Waals surface area contributed by atoms with Gasteiger partial charge in [0.2, 0.25) is 0 Å². The summed E-state index contributed by atoms with van der Waals surface area (Å²) in [6.07, 6.45) is -7.04. The normalized spacial score (nSPS) is 23.9. The van der Waals surface area contributed by atoms with Crippen molar-refractivity contribution in [3.8, 4) is 5.75 Å². The molecule has 1 saturated heterocycles. The number of anilines is 1. The van der Waals surface area contributed by atoms with Gasteiger partial charge in [-0.2, -0.15) is 0 Å². The van der Waals surface area contributed by atoms with Gasteiger partial charge in [-0.3, -0.25) is 10.1 Å². The van der Waals surface area contributed by atoms with E-state index in [0.29, 0.717) is 11.4 Å². The summed E-state index contributed by atoms with van der Waals surface area (Å²) in [5.74, 6) is -0.317. The predicted molar refractivity (Wildman–Crippen MR) is 128 cm³/mol. The molecular formula is C23H26N4O9. The number of nitro benzene ring substituents is 1. The van der Waals surface area contributed by atoms with Gasteiger partial charge in [0.05, 0.1) is 23.3 Å². The zero-order chi connectivity index (χ0) is 26.6. The number of aryl methyl sites for hydroxylation is 1. The average molecular weight is 502 g/mol. The molecule has 0 saturated carbocycles. The number of nitrogens with two attached hydrogens (primary N) is 1. The van der Waals surface area contributed by atoms with Gasteiger partial charge in [-0.15, -0.1) is 10.2 Å². The van der Waals surface area contributed by atoms with Crippen LogP contribution in [0.4, 0.5) is 22.7 Å². The van der Waals surface area contributed by atoms with Crippen molar-refractivity contribution in [3.05, 3.63) is 64.2 Å². The van der Waals surface area contributed by atoms with Crippen molar-refractivity contribution in [2.75, 3.05) is 12.3 Å². The Balaban J connectivity index is 0.000000253. The lowest BCUT2D eigenvalue weighted by Crippen LogP contribution is -2.58. The van der Waals surface area contributed by atoms with Crippen molar-refractivity contribution < 1.29 is 40.3 Å². The number of fused-ring (bicyclic) bond motifs is 1. The van der Waals surface area contributed by atoms with Crippen molar-refractivity contribution in [2.45, 2.75) is 37.6 Å². The summed E-state index contributed by atoms with van der Waals surface area (Å²) in [7, 11) is 0. The number of aromatic hydroxyl groups is 1. The first kappa shape index (κ1) is 26.9. The van der Waals surface area contributed by atoms with Crippen LogP contribution < -0.4 is 5.73 Å². The maximum Gasteiger partial charge on any atom is 0.273 e. The van der Waals surface area contributed by atoms with Gasteiger partial charge in [-0.1, -0.05) is 24.3 Å². The van der Waals surface area contributed by atoms with Gasteiger partial charge in [0, 0.05) is 11.5 Å². The molecule has 13 heteroatoms. The molecular weight excluding hydrogens is 476 g/mol. The first-order valence-electron chi connectivity index (χ1n) is 10.7. The molecule has 5 atom stereocenters. The van der Waals surface area contributed by atoms with E-state index in [-0.39, 0.29) is 17.1 Å². The maximum atomic E-state index is 10.7. The van der Waals surface area contributed by atoms with Gasteiger partial charge in [0.25, 0.3) is 5.69 Å². The van der Waals surface area contributed by atoms with Gasteiger partial charge >= 0.3 is 0 Å². The number of aliphatic hydroxyl groups excluding tert-OH is 5. The number of nitrogens with zero attached hydrogens (tertiary/aromatic N) is 3. The van der Waals surface area contributed by atoms with E-state index in [1.54, 1.807) is 6.07 Å². The number of hydrogen-bond acceptors (Lipinski definition) is 12. The van der Waals surface area contributed by atoms with Crippen LogP contribution in [0.3, 0.4) is 0 Å². The Labute approximate surface area is 204 Å². The molecule has 0 spiro atoms. The number of non-ortho nitro benzene ring substituents is 1. The lowest BCUT2D eigenvalue weighted by molar-refractivity contribution is -0.384. The highest BCUT2D eigenvalue weighted by molar-refractivity contribution is 5.99. The van der Waals surface area contributed by atoms with Crippen LogP contribution in [0.15, 0.2) is 58.8 Å². The lowest BCUT2D eigenvalue weighted by Gasteiger charge is -2.37. The molecule has 13 nitrogen and oxygen atoms in total. The van der Waals surface area contributed by atoms with Crippen LogP contribution in [0.1, 0.15) is 5.56 Å². The zero-order valence-corrected chi connectivity index (χ0v) is 19.0. The zero-order valence-electron chi connectivity index (χ0n) is 19.0. The van der Waals surface area contributed by atoms with Crippen molar-refractivity contribution in [1.82, 2.24) is 0 Å². The number of aliphatic hydroxyl groups is 5. The van der Waals surface area contributed by atoms with Crippen LogP contribution >= 0.6 is 0 Å².